The Balaban J connectivity index is 1.90. The molecule has 1 aliphatic rings. The first-order valence-electron chi connectivity index (χ1n) is 7.51. The predicted molar refractivity (Wildman–Crippen MR) is 86.5 cm³/mol. The molecule has 19 heavy (non-hydrogen) atoms. The topological polar surface area (TPSA) is 29.3 Å². The molecule has 1 aromatic carbocycles. The van der Waals surface area contributed by atoms with Crippen molar-refractivity contribution in [1.82, 2.24) is 4.90 Å². The summed E-state index contributed by atoms with van der Waals surface area (Å²) in [4.78, 5) is 2.57. The molecular formula is C16H28N2Si. The zero-order valence-electron chi connectivity index (χ0n) is 12.7. The van der Waals surface area contributed by atoms with Gasteiger partial charge in [-0.15, -0.1) is 0 Å². The number of nitrogens with two attached hydrogens (primary N) is 1. The summed E-state index contributed by atoms with van der Waals surface area (Å²) in [6.07, 6.45) is 2.53. The Bertz CT molecular complexity index is 386. The van der Waals surface area contributed by atoms with Crippen LogP contribution in [0.5, 0.6) is 0 Å². The Morgan fingerprint density at radius 1 is 1.11 bits per heavy atom. The lowest BCUT2D eigenvalue weighted by molar-refractivity contribution is 0.180. The molecule has 0 spiro atoms. The fourth-order valence-corrected chi connectivity index (χ4v) is 3.92. The maximum Gasteiger partial charge on any atom is 0.0775 e. The van der Waals surface area contributed by atoms with E-state index in [9.17, 15) is 0 Å². The third kappa shape index (κ3) is 4.16. The van der Waals surface area contributed by atoms with E-state index in [4.69, 9.17) is 5.73 Å². The largest absolute Gasteiger partial charge is 0.330 e. The zero-order valence-corrected chi connectivity index (χ0v) is 13.7. The molecule has 3 heteroatoms. The predicted octanol–water partition coefficient (Wildman–Crippen LogP) is 2.40. The van der Waals surface area contributed by atoms with Gasteiger partial charge in [-0.1, -0.05) is 49.1 Å². The number of hydrogen-bond donors (Lipinski definition) is 1. The summed E-state index contributed by atoms with van der Waals surface area (Å²) in [6.45, 7) is 11.6. The van der Waals surface area contributed by atoms with Gasteiger partial charge in [0.25, 0.3) is 0 Å². The van der Waals surface area contributed by atoms with Crippen LogP contribution in [-0.4, -0.2) is 32.6 Å². The lowest BCUT2D eigenvalue weighted by atomic mass is 9.97. The number of benzene rings is 1. The fraction of sp³-hybridized carbons (Fsp3) is 0.625. The fourth-order valence-electron chi connectivity index (χ4n) is 2.75. The third-order valence-electron chi connectivity index (χ3n) is 4.27. The van der Waals surface area contributed by atoms with E-state index in [0.717, 1.165) is 19.0 Å². The molecule has 1 aromatic rings. The summed E-state index contributed by atoms with van der Waals surface area (Å²) in [5, 5.41) is 1.55. The average Bonchev–Trinajstić information content (AvgIpc) is 2.39. The minimum absolute atomic E-state index is 0.755. The summed E-state index contributed by atoms with van der Waals surface area (Å²) >= 11 is 0. The normalized spacial score (nSPS) is 18.7. The molecular weight excluding hydrogens is 248 g/mol. The van der Waals surface area contributed by atoms with Crippen LogP contribution in [0, 0.1) is 5.92 Å². The van der Waals surface area contributed by atoms with E-state index in [1.54, 1.807) is 5.19 Å². The van der Waals surface area contributed by atoms with E-state index >= 15 is 0 Å². The molecule has 2 nitrogen and oxygen atoms in total. The summed E-state index contributed by atoms with van der Waals surface area (Å²) in [5.41, 5.74) is 7.20. The van der Waals surface area contributed by atoms with Crippen molar-refractivity contribution in [2.24, 2.45) is 11.7 Å². The highest BCUT2D eigenvalue weighted by atomic mass is 28.3. The quantitative estimate of drug-likeness (QED) is 0.856. The molecule has 1 aliphatic heterocycles. The summed E-state index contributed by atoms with van der Waals surface area (Å²) in [7, 11) is -1.15. The standard InChI is InChI=1S/C16H28N2Si/c1-19(2,3)16-6-4-15(5-7-16)13-18-10-8-14(12-17)9-11-18/h4-7,14H,8-13,17H2,1-3H3. The number of likely N-dealkylation sites (tertiary alicyclic amines) is 1. The first kappa shape index (κ1) is 14.8. The van der Waals surface area contributed by atoms with E-state index in [1.807, 2.05) is 0 Å². The first-order valence-corrected chi connectivity index (χ1v) is 11.0. The molecule has 1 heterocycles. The second kappa shape index (κ2) is 6.20. The number of hydrogen-bond acceptors (Lipinski definition) is 2. The molecule has 0 saturated carbocycles. The van der Waals surface area contributed by atoms with Gasteiger partial charge in [-0.3, -0.25) is 4.90 Å². The smallest absolute Gasteiger partial charge is 0.0775 e. The van der Waals surface area contributed by atoms with Crippen LogP contribution in [0.3, 0.4) is 0 Å². The van der Waals surface area contributed by atoms with Crippen LogP contribution < -0.4 is 10.9 Å². The average molecular weight is 276 g/mol. The van der Waals surface area contributed by atoms with Crippen LogP contribution in [0.4, 0.5) is 0 Å². The van der Waals surface area contributed by atoms with Crippen molar-refractivity contribution in [1.29, 1.82) is 0 Å². The van der Waals surface area contributed by atoms with Crippen molar-refractivity contribution in [2.75, 3.05) is 19.6 Å². The Morgan fingerprint density at radius 3 is 2.16 bits per heavy atom. The van der Waals surface area contributed by atoms with Crippen molar-refractivity contribution < 1.29 is 0 Å². The van der Waals surface area contributed by atoms with Crippen molar-refractivity contribution >= 4 is 13.3 Å². The number of nitrogens with zero attached hydrogens (tertiary/aromatic N) is 1. The lowest BCUT2D eigenvalue weighted by Gasteiger charge is -2.31. The van der Waals surface area contributed by atoms with Gasteiger partial charge in [0.1, 0.15) is 0 Å². The summed E-state index contributed by atoms with van der Waals surface area (Å²) in [6, 6.07) is 9.33. The molecule has 0 atom stereocenters. The van der Waals surface area contributed by atoms with Gasteiger partial charge in [0.2, 0.25) is 0 Å². The van der Waals surface area contributed by atoms with Gasteiger partial charge in [-0.2, -0.15) is 0 Å². The molecule has 0 radical (unpaired) electrons. The monoisotopic (exact) mass is 276 g/mol. The van der Waals surface area contributed by atoms with Crippen molar-refractivity contribution in [3.8, 4) is 0 Å². The van der Waals surface area contributed by atoms with Crippen LogP contribution in [0.1, 0.15) is 18.4 Å². The second-order valence-electron chi connectivity index (χ2n) is 6.90. The lowest BCUT2D eigenvalue weighted by Crippen LogP contribution is -2.38. The molecule has 0 bridgehead atoms. The van der Waals surface area contributed by atoms with Crippen molar-refractivity contribution in [3.63, 3.8) is 0 Å². The van der Waals surface area contributed by atoms with Gasteiger partial charge < -0.3 is 5.73 Å². The van der Waals surface area contributed by atoms with Gasteiger partial charge in [0, 0.05) is 6.54 Å². The molecule has 2 rings (SSSR count). The van der Waals surface area contributed by atoms with Crippen LogP contribution in [0.15, 0.2) is 24.3 Å². The molecule has 0 unspecified atom stereocenters. The van der Waals surface area contributed by atoms with Crippen LogP contribution >= 0.6 is 0 Å². The summed E-state index contributed by atoms with van der Waals surface area (Å²) in [5.74, 6) is 0.755. The molecule has 2 N–H and O–H groups in total. The molecule has 0 amide bonds. The highest BCUT2D eigenvalue weighted by Gasteiger charge is 2.19. The molecule has 0 aromatic heterocycles. The van der Waals surface area contributed by atoms with Gasteiger partial charge >= 0.3 is 0 Å². The highest BCUT2D eigenvalue weighted by Crippen LogP contribution is 2.17. The van der Waals surface area contributed by atoms with Crippen molar-refractivity contribution in [2.45, 2.75) is 39.0 Å². The minimum atomic E-state index is -1.15. The molecule has 0 aliphatic carbocycles. The molecule has 1 saturated heterocycles. The Labute approximate surface area is 119 Å². The minimum Gasteiger partial charge on any atom is -0.330 e. The van der Waals surface area contributed by atoms with E-state index in [2.05, 4.69) is 48.8 Å². The van der Waals surface area contributed by atoms with Crippen LogP contribution in [0.25, 0.3) is 0 Å². The van der Waals surface area contributed by atoms with Gasteiger partial charge in [-0.05, 0) is 44.0 Å². The van der Waals surface area contributed by atoms with Gasteiger partial charge in [0.05, 0.1) is 8.07 Å². The van der Waals surface area contributed by atoms with E-state index in [0.29, 0.717) is 0 Å². The van der Waals surface area contributed by atoms with Crippen molar-refractivity contribution in [3.05, 3.63) is 29.8 Å². The van der Waals surface area contributed by atoms with Crippen LogP contribution in [0.2, 0.25) is 19.6 Å². The van der Waals surface area contributed by atoms with Gasteiger partial charge in [-0.25, -0.2) is 0 Å². The van der Waals surface area contributed by atoms with E-state index in [-0.39, 0.29) is 0 Å². The summed E-state index contributed by atoms with van der Waals surface area (Å²) < 4.78 is 0. The van der Waals surface area contributed by atoms with Crippen LogP contribution in [-0.2, 0) is 6.54 Å². The number of piperidine rings is 1. The maximum atomic E-state index is 5.74. The second-order valence-corrected chi connectivity index (χ2v) is 12.0. The van der Waals surface area contributed by atoms with E-state index in [1.165, 1.54) is 31.5 Å². The first-order chi connectivity index (χ1) is 8.99. The highest BCUT2D eigenvalue weighted by molar-refractivity contribution is 6.88. The maximum absolute atomic E-state index is 5.74. The zero-order chi connectivity index (χ0) is 13.9. The SMILES string of the molecule is C[Si](C)(C)c1ccc(CN2CCC(CN)CC2)cc1. The number of rotatable bonds is 4. The molecule has 1 fully saturated rings. The van der Waals surface area contributed by atoms with Gasteiger partial charge in [0.15, 0.2) is 0 Å². The van der Waals surface area contributed by atoms with E-state index < -0.39 is 8.07 Å². The molecule has 106 valence electrons. The third-order valence-corrected chi connectivity index (χ3v) is 6.33. The Morgan fingerprint density at radius 2 is 1.68 bits per heavy atom. The Kier molecular flexibility index (Phi) is 4.82. The Hall–Kier alpha value is -0.643.